The Kier molecular flexibility index (Phi) is 2.83. The molecule has 0 bridgehead atoms. The van der Waals surface area contributed by atoms with E-state index in [1.54, 1.807) is 0 Å². The van der Waals surface area contributed by atoms with Gasteiger partial charge < -0.3 is 9.47 Å². The van der Waals surface area contributed by atoms with E-state index in [0.717, 1.165) is 0 Å². The van der Waals surface area contributed by atoms with Crippen LogP contribution in [-0.4, -0.2) is 31.7 Å². The van der Waals surface area contributed by atoms with Gasteiger partial charge in [-0.2, -0.15) is 0 Å². The summed E-state index contributed by atoms with van der Waals surface area (Å²) in [6.45, 7) is 3.44. The molecule has 1 saturated heterocycles. The van der Waals surface area contributed by atoms with Gasteiger partial charge in [-0.1, -0.05) is 6.92 Å². The molecule has 1 atom stereocenters. The van der Waals surface area contributed by atoms with E-state index in [-0.39, 0.29) is 11.9 Å². The fraction of sp³-hybridized carbons (Fsp3) is 0.857. The molecule has 1 heterocycles. The van der Waals surface area contributed by atoms with E-state index in [4.69, 9.17) is 9.47 Å². The van der Waals surface area contributed by atoms with Crippen molar-refractivity contribution in [3.8, 4) is 0 Å². The van der Waals surface area contributed by atoms with Crippen LogP contribution in [0.5, 0.6) is 0 Å². The number of carbonyl (C=O) groups is 1. The van der Waals surface area contributed by atoms with E-state index < -0.39 is 0 Å². The predicted molar refractivity (Wildman–Crippen MR) is 35.9 cm³/mol. The minimum atomic E-state index is -0.293. The molecule has 1 fully saturated rings. The monoisotopic (exact) mass is 144 g/mol. The third-order valence-corrected chi connectivity index (χ3v) is 1.52. The van der Waals surface area contributed by atoms with Gasteiger partial charge in [0.1, 0.15) is 6.10 Å². The smallest absolute Gasteiger partial charge is 0.163 e. The molecule has 0 unspecified atom stereocenters. The summed E-state index contributed by atoms with van der Waals surface area (Å²) in [5.74, 6) is 0.139. The average molecular weight is 144 g/mol. The molecule has 1 aliphatic rings. The van der Waals surface area contributed by atoms with Gasteiger partial charge in [-0.15, -0.1) is 0 Å². The van der Waals surface area contributed by atoms with Crippen LogP contribution in [0, 0.1) is 0 Å². The lowest BCUT2D eigenvalue weighted by Gasteiger charge is -2.20. The zero-order valence-corrected chi connectivity index (χ0v) is 6.13. The molecule has 0 aromatic rings. The number of hydrogen-bond acceptors (Lipinski definition) is 3. The van der Waals surface area contributed by atoms with Gasteiger partial charge in [0.25, 0.3) is 0 Å². The van der Waals surface area contributed by atoms with E-state index in [0.29, 0.717) is 26.2 Å². The maximum atomic E-state index is 11.0. The Balaban J connectivity index is 2.31. The van der Waals surface area contributed by atoms with Gasteiger partial charge in [0.15, 0.2) is 5.78 Å². The number of ketones is 1. The minimum absolute atomic E-state index is 0.139. The van der Waals surface area contributed by atoms with E-state index >= 15 is 0 Å². The Hall–Kier alpha value is -0.410. The Labute approximate surface area is 60.3 Å². The predicted octanol–water partition coefficient (Wildman–Crippen LogP) is 0.381. The molecule has 0 amide bonds. The van der Waals surface area contributed by atoms with E-state index in [9.17, 15) is 4.79 Å². The Bertz CT molecular complexity index is 116. The Morgan fingerprint density at radius 3 is 2.90 bits per heavy atom. The third-order valence-electron chi connectivity index (χ3n) is 1.52. The van der Waals surface area contributed by atoms with Crippen molar-refractivity contribution < 1.29 is 14.3 Å². The van der Waals surface area contributed by atoms with Crippen LogP contribution in [0.3, 0.4) is 0 Å². The van der Waals surface area contributed by atoms with Crippen LogP contribution in [0.25, 0.3) is 0 Å². The highest BCUT2D eigenvalue weighted by molar-refractivity contribution is 5.82. The minimum Gasteiger partial charge on any atom is -0.376 e. The molecule has 0 aromatic carbocycles. The van der Waals surface area contributed by atoms with E-state index in [1.165, 1.54) is 0 Å². The molecule has 3 nitrogen and oxygen atoms in total. The van der Waals surface area contributed by atoms with Crippen molar-refractivity contribution in [1.29, 1.82) is 0 Å². The first-order valence-corrected chi connectivity index (χ1v) is 3.56. The number of hydrogen-bond donors (Lipinski definition) is 0. The molecule has 0 spiro atoms. The summed E-state index contributed by atoms with van der Waals surface area (Å²) in [5, 5.41) is 0. The number of Topliss-reactive ketones (excluding diaryl/α,β-unsaturated/α-hetero) is 1. The summed E-state index contributed by atoms with van der Waals surface area (Å²) in [4.78, 5) is 11.0. The maximum absolute atomic E-state index is 11.0. The van der Waals surface area contributed by atoms with Crippen molar-refractivity contribution in [2.75, 3.05) is 19.8 Å². The normalized spacial score (nSPS) is 26.3. The summed E-state index contributed by atoms with van der Waals surface area (Å²) >= 11 is 0. The lowest BCUT2D eigenvalue weighted by molar-refractivity contribution is -0.144. The van der Waals surface area contributed by atoms with Gasteiger partial charge in [-0.05, 0) is 0 Å². The second kappa shape index (κ2) is 3.68. The molecular formula is C7H12O3. The molecule has 0 N–H and O–H groups in total. The molecule has 58 valence electrons. The maximum Gasteiger partial charge on any atom is 0.163 e. The van der Waals surface area contributed by atoms with Crippen LogP contribution in [0.4, 0.5) is 0 Å². The topological polar surface area (TPSA) is 35.5 Å². The largest absolute Gasteiger partial charge is 0.376 e. The summed E-state index contributed by atoms with van der Waals surface area (Å²) in [6, 6.07) is 0. The van der Waals surface area contributed by atoms with Gasteiger partial charge in [-0.25, -0.2) is 0 Å². The summed E-state index contributed by atoms with van der Waals surface area (Å²) in [5.41, 5.74) is 0. The molecule has 0 aromatic heterocycles. The van der Waals surface area contributed by atoms with Crippen molar-refractivity contribution in [2.45, 2.75) is 19.4 Å². The molecule has 10 heavy (non-hydrogen) atoms. The van der Waals surface area contributed by atoms with Crippen molar-refractivity contribution in [3.63, 3.8) is 0 Å². The van der Waals surface area contributed by atoms with Crippen LogP contribution >= 0.6 is 0 Å². The van der Waals surface area contributed by atoms with Crippen LogP contribution in [0.1, 0.15) is 13.3 Å². The standard InChI is InChI=1S/C7H12O3/c1-2-6(8)7-5-9-3-4-10-7/h7H,2-5H2,1H3/t7-/m1/s1. The molecule has 1 rings (SSSR count). The molecule has 0 aliphatic carbocycles. The average Bonchev–Trinajstić information content (AvgIpc) is 2.05. The molecule has 0 radical (unpaired) electrons. The second-order valence-corrected chi connectivity index (χ2v) is 2.25. The summed E-state index contributed by atoms with van der Waals surface area (Å²) in [7, 11) is 0. The second-order valence-electron chi connectivity index (χ2n) is 2.25. The zero-order valence-electron chi connectivity index (χ0n) is 6.13. The first kappa shape index (κ1) is 7.69. The first-order chi connectivity index (χ1) is 4.84. The van der Waals surface area contributed by atoms with Gasteiger partial charge >= 0.3 is 0 Å². The number of rotatable bonds is 2. The highest BCUT2D eigenvalue weighted by Gasteiger charge is 2.20. The molecule has 3 heteroatoms. The summed E-state index contributed by atoms with van der Waals surface area (Å²) < 4.78 is 10.2. The van der Waals surface area contributed by atoms with Crippen molar-refractivity contribution in [1.82, 2.24) is 0 Å². The SMILES string of the molecule is CCC(=O)[C@H]1COCCO1. The Morgan fingerprint density at radius 2 is 2.40 bits per heavy atom. The summed E-state index contributed by atoms with van der Waals surface area (Å²) in [6.07, 6.45) is 0.243. The first-order valence-electron chi connectivity index (χ1n) is 3.56. The Morgan fingerprint density at radius 1 is 1.60 bits per heavy atom. The number of ether oxygens (including phenoxy) is 2. The fourth-order valence-corrected chi connectivity index (χ4v) is 0.901. The van der Waals surface area contributed by atoms with Crippen molar-refractivity contribution in [3.05, 3.63) is 0 Å². The van der Waals surface area contributed by atoms with Crippen LogP contribution < -0.4 is 0 Å². The van der Waals surface area contributed by atoms with Gasteiger partial charge in [0.05, 0.1) is 19.8 Å². The van der Waals surface area contributed by atoms with E-state index in [1.807, 2.05) is 6.92 Å². The van der Waals surface area contributed by atoms with Crippen LogP contribution in [0.15, 0.2) is 0 Å². The molecule has 0 saturated carbocycles. The quantitative estimate of drug-likeness (QED) is 0.562. The lowest BCUT2D eigenvalue weighted by Crippen LogP contribution is -2.34. The van der Waals surface area contributed by atoms with Gasteiger partial charge in [0, 0.05) is 6.42 Å². The van der Waals surface area contributed by atoms with Gasteiger partial charge in [-0.3, -0.25) is 4.79 Å². The van der Waals surface area contributed by atoms with Gasteiger partial charge in [0.2, 0.25) is 0 Å². The third kappa shape index (κ3) is 1.78. The molecule has 1 aliphatic heterocycles. The highest BCUT2D eigenvalue weighted by atomic mass is 16.6. The van der Waals surface area contributed by atoms with Crippen LogP contribution in [0.2, 0.25) is 0 Å². The van der Waals surface area contributed by atoms with Crippen molar-refractivity contribution >= 4 is 5.78 Å². The highest BCUT2D eigenvalue weighted by Crippen LogP contribution is 2.03. The molecular weight excluding hydrogens is 132 g/mol. The van der Waals surface area contributed by atoms with Crippen LogP contribution in [-0.2, 0) is 14.3 Å². The zero-order chi connectivity index (χ0) is 7.40. The number of carbonyl (C=O) groups excluding carboxylic acids is 1. The lowest BCUT2D eigenvalue weighted by atomic mass is 10.2. The fourth-order valence-electron chi connectivity index (χ4n) is 0.901. The van der Waals surface area contributed by atoms with Crippen molar-refractivity contribution in [2.24, 2.45) is 0 Å². The van der Waals surface area contributed by atoms with E-state index in [2.05, 4.69) is 0 Å².